The van der Waals surface area contributed by atoms with Crippen LogP contribution in [0.15, 0.2) is 54.6 Å². The minimum atomic E-state index is -5.05. The average molecular weight is 477 g/mol. The molecule has 2 aromatic carbocycles. The second kappa shape index (κ2) is 11.6. The molecule has 34 heavy (non-hydrogen) atoms. The van der Waals surface area contributed by atoms with E-state index < -0.39 is 24.4 Å². The Balaban J connectivity index is 1.63. The van der Waals surface area contributed by atoms with Crippen molar-refractivity contribution in [2.24, 2.45) is 5.92 Å². The van der Waals surface area contributed by atoms with Crippen LogP contribution in [0.25, 0.3) is 0 Å². The lowest BCUT2D eigenvalue weighted by Gasteiger charge is -2.26. The molecule has 1 saturated heterocycles. The van der Waals surface area contributed by atoms with Crippen LogP contribution in [0.3, 0.4) is 0 Å². The Morgan fingerprint density at radius 1 is 0.941 bits per heavy atom. The highest BCUT2D eigenvalue weighted by atomic mass is 19.4. The predicted octanol–water partition coefficient (Wildman–Crippen LogP) is 3.69. The van der Waals surface area contributed by atoms with Crippen LogP contribution in [0.4, 0.5) is 23.7 Å². The number of Topliss-reactive ketones (excluding diaryl/α,β-unsaturated/α-hetero) is 1. The van der Waals surface area contributed by atoms with Gasteiger partial charge in [0.1, 0.15) is 0 Å². The molecule has 0 aliphatic carbocycles. The smallest absolute Gasteiger partial charge is 0.381 e. The van der Waals surface area contributed by atoms with Gasteiger partial charge in [-0.25, -0.2) is 4.79 Å². The summed E-state index contributed by atoms with van der Waals surface area (Å²) in [6, 6.07) is 15.0. The van der Waals surface area contributed by atoms with Gasteiger partial charge >= 0.3 is 18.1 Å². The zero-order valence-electron chi connectivity index (χ0n) is 18.4. The van der Waals surface area contributed by atoms with E-state index in [1.54, 1.807) is 22.3 Å². The summed E-state index contributed by atoms with van der Waals surface area (Å²) in [7, 11) is 0. The number of para-hydroxylation sites is 1. The van der Waals surface area contributed by atoms with Crippen molar-refractivity contribution >= 4 is 23.4 Å². The first kappa shape index (κ1) is 25.2. The average Bonchev–Trinajstić information content (AvgIpc) is 2.85. The number of nitrogens with one attached hydrogen (secondary N) is 2. The van der Waals surface area contributed by atoms with Crippen molar-refractivity contribution in [1.82, 2.24) is 10.6 Å². The molecule has 3 rings (SSSR count). The van der Waals surface area contributed by atoms with Gasteiger partial charge in [-0.3, -0.25) is 14.5 Å². The number of carbonyl (C=O) groups excluding carboxylic acids is 3. The van der Waals surface area contributed by atoms with Crippen molar-refractivity contribution in [2.45, 2.75) is 25.6 Å². The Hall–Kier alpha value is -3.40. The van der Waals surface area contributed by atoms with Crippen LogP contribution in [0, 0.1) is 5.92 Å². The number of ether oxygens (including phenoxy) is 1. The molecular formula is C24H26F3N3O4. The first-order valence-corrected chi connectivity index (χ1v) is 10.9. The third-order valence-electron chi connectivity index (χ3n) is 5.48. The van der Waals surface area contributed by atoms with Crippen LogP contribution in [0.2, 0.25) is 0 Å². The molecule has 0 spiro atoms. The number of anilines is 1. The molecule has 1 aliphatic heterocycles. The van der Waals surface area contributed by atoms with Crippen molar-refractivity contribution in [2.75, 3.05) is 31.2 Å². The van der Waals surface area contributed by atoms with Gasteiger partial charge in [-0.05, 0) is 36.5 Å². The van der Waals surface area contributed by atoms with Gasteiger partial charge in [-0.1, -0.05) is 42.5 Å². The summed E-state index contributed by atoms with van der Waals surface area (Å²) >= 11 is 0. The summed E-state index contributed by atoms with van der Waals surface area (Å²) in [5.74, 6) is -2.46. The zero-order valence-corrected chi connectivity index (χ0v) is 18.4. The number of urea groups is 1. The molecule has 1 heterocycles. The van der Waals surface area contributed by atoms with E-state index in [1.807, 2.05) is 30.3 Å². The van der Waals surface area contributed by atoms with Crippen LogP contribution >= 0.6 is 0 Å². The van der Waals surface area contributed by atoms with E-state index >= 15 is 0 Å². The topological polar surface area (TPSA) is 87.7 Å². The maximum Gasteiger partial charge on any atom is 0.471 e. The molecule has 1 fully saturated rings. The minimum Gasteiger partial charge on any atom is -0.381 e. The molecule has 0 bridgehead atoms. The van der Waals surface area contributed by atoms with Crippen molar-refractivity contribution in [1.29, 1.82) is 0 Å². The first-order valence-electron chi connectivity index (χ1n) is 10.9. The Kier molecular flexibility index (Phi) is 8.64. The lowest BCUT2D eigenvalue weighted by molar-refractivity contribution is -0.173. The number of hydrogen-bond donors (Lipinski definition) is 2. The quantitative estimate of drug-likeness (QED) is 0.568. The SMILES string of the molecule is O=C(CNC(=O)C(F)(F)F)c1ccc(CN(C(=O)NCC2CCOCC2)c2ccccc2)cc1. The molecule has 0 aromatic heterocycles. The molecule has 2 N–H and O–H groups in total. The standard InChI is InChI=1S/C24H26F3N3O4/c25-24(26,27)22(32)28-15-21(31)19-8-6-18(7-9-19)16-30(20-4-2-1-3-5-20)23(33)29-14-17-10-12-34-13-11-17/h1-9,17H,10-16H2,(H,28,32)(H,29,33). The molecule has 0 radical (unpaired) electrons. The van der Waals surface area contributed by atoms with E-state index in [0.29, 0.717) is 31.4 Å². The molecule has 10 heteroatoms. The molecule has 1 aliphatic rings. The van der Waals surface area contributed by atoms with Gasteiger partial charge in [-0.15, -0.1) is 0 Å². The third-order valence-corrected chi connectivity index (χ3v) is 5.48. The molecule has 0 saturated carbocycles. The van der Waals surface area contributed by atoms with E-state index in [0.717, 1.165) is 18.4 Å². The second-order valence-corrected chi connectivity index (χ2v) is 7.96. The predicted molar refractivity (Wildman–Crippen MR) is 119 cm³/mol. The number of benzene rings is 2. The summed E-state index contributed by atoms with van der Waals surface area (Å²) in [6.45, 7) is 1.38. The number of rotatable bonds is 8. The van der Waals surface area contributed by atoms with Crippen molar-refractivity contribution in [3.8, 4) is 0 Å². The fourth-order valence-corrected chi connectivity index (χ4v) is 3.51. The summed E-state index contributed by atoms with van der Waals surface area (Å²) in [6.07, 6.45) is -3.26. The summed E-state index contributed by atoms with van der Waals surface area (Å²) < 4.78 is 42.2. The van der Waals surface area contributed by atoms with Crippen LogP contribution in [0.5, 0.6) is 0 Å². The molecule has 0 atom stereocenters. The summed E-state index contributed by atoms with van der Waals surface area (Å²) in [5.41, 5.74) is 1.57. The van der Waals surface area contributed by atoms with E-state index in [4.69, 9.17) is 4.74 Å². The van der Waals surface area contributed by atoms with Crippen molar-refractivity contribution in [3.63, 3.8) is 0 Å². The van der Waals surface area contributed by atoms with Gasteiger partial charge in [0.25, 0.3) is 0 Å². The van der Waals surface area contributed by atoms with Crippen LogP contribution < -0.4 is 15.5 Å². The Morgan fingerprint density at radius 3 is 2.21 bits per heavy atom. The van der Waals surface area contributed by atoms with Crippen LogP contribution in [0.1, 0.15) is 28.8 Å². The third kappa shape index (κ3) is 7.31. The largest absolute Gasteiger partial charge is 0.471 e. The number of alkyl halides is 3. The first-order chi connectivity index (χ1) is 16.2. The summed E-state index contributed by atoms with van der Waals surface area (Å²) in [5, 5.41) is 4.55. The van der Waals surface area contributed by atoms with Gasteiger partial charge < -0.3 is 15.4 Å². The van der Waals surface area contributed by atoms with Crippen molar-refractivity contribution < 1.29 is 32.3 Å². The van der Waals surface area contributed by atoms with Gasteiger partial charge in [0.2, 0.25) is 0 Å². The number of nitrogens with zero attached hydrogens (tertiary/aromatic N) is 1. The van der Waals surface area contributed by atoms with E-state index in [1.165, 1.54) is 12.1 Å². The van der Waals surface area contributed by atoms with Gasteiger partial charge in [0, 0.05) is 31.0 Å². The Morgan fingerprint density at radius 2 is 1.59 bits per heavy atom. The fraction of sp³-hybridized carbons (Fsp3) is 0.375. The Labute approximate surface area is 195 Å². The molecule has 7 nitrogen and oxygen atoms in total. The molecular weight excluding hydrogens is 451 g/mol. The molecule has 182 valence electrons. The maximum atomic E-state index is 13.0. The van der Waals surface area contributed by atoms with Crippen LogP contribution in [-0.2, 0) is 16.1 Å². The molecule has 3 amide bonds. The second-order valence-electron chi connectivity index (χ2n) is 7.96. The lowest BCUT2D eigenvalue weighted by Crippen LogP contribution is -2.42. The van der Waals surface area contributed by atoms with Gasteiger partial charge in [0.15, 0.2) is 5.78 Å². The van der Waals surface area contributed by atoms with Gasteiger partial charge in [0.05, 0.1) is 13.1 Å². The molecule has 0 unspecified atom stereocenters. The number of halogens is 3. The number of carbonyl (C=O) groups is 3. The lowest BCUT2D eigenvalue weighted by atomic mass is 10.0. The minimum absolute atomic E-state index is 0.154. The number of ketones is 1. The van der Waals surface area contributed by atoms with E-state index in [-0.39, 0.29) is 18.1 Å². The monoisotopic (exact) mass is 477 g/mol. The van der Waals surface area contributed by atoms with Crippen LogP contribution in [-0.4, -0.2) is 50.2 Å². The van der Waals surface area contributed by atoms with Gasteiger partial charge in [-0.2, -0.15) is 13.2 Å². The highest BCUT2D eigenvalue weighted by Gasteiger charge is 2.38. The highest BCUT2D eigenvalue weighted by Crippen LogP contribution is 2.19. The number of amides is 3. The maximum absolute atomic E-state index is 13.0. The Bertz CT molecular complexity index is 975. The zero-order chi connectivity index (χ0) is 24.6. The fourth-order valence-electron chi connectivity index (χ4n) is 3.51. The molecule has 2 aromatic rings. The number of hydrogen-bond acceptors (Lipinski definition) is 4. The van der Waals surface area contributed by atoms with Crippen molar-refractivity contribution in [3.05, 3.63) is 65.7 Å². The van der Waals surface area contributed by atoms with E-state index in [2.05, 4.69) is 5.32 Å². The highest BCUT2D eigenvalue weighted by molar-refractivity contribution is 5.99. The normalized spacial score (nSPS) is 14.3. The van der Waals surface area contributed by atoms with E-state index in [9.17, 15) is 27.6 Å². The summed E-state index contributed by atoms with van der Waals surface area (Å²) in [4.78, 5) is 37.6.